The van der Waals surface area contributed by atoms with Crippen LogP contribution in [0.25, 0.3) is 0 Å². The van der Waals surface area contributed by atoms with E-state index in [-0.39, 0.29) is 12.5 Å². The van der Waals surface area contributed by atoms with E-state index in [1.807, 2.05) is 13.8 Å². The van der Waals surface area contributed by atoms with Crippen molar-refractivity contribution in [2.75, 3.05) is 6.61 Å². The van der Waals surface area contributed by atoms with Gasteiger partial charge in [0.25, 0.3) is 0 Å². The Morgan fingerprint density at radius 3 is 2.39 bits per heavy atom. The van der Waals surface area contributed by atoms with Crippen LogP contribution in [0.5, 0.6) is 5.75 Å². The van der Waals surface area contributed by atoms with Gasteiger partial charge in [-0.05, 0) is 37.5 Å². The molecule has 1 aromatic carbocycles. The van der Waals surface area contributed by atoms with Crippen LogP contribution in [0.15, 0.2) is 18.2 Å². The normalized spacial score (nSPS) is 16.4. The first-order chi connectivity index (χ1) is 8.24. The van der Waals surface area contributed by atoms with Crippen molar-refractivity contribution in [1.82, 2.24) is 0 Å². The molecule has 102 valence electrons. The minimum absolute atomic E-state index is 0.0908. The zero-order valence-electron chi connectivity index (χ0n) is 11.3. The molecule has 0 aliphatic heterocycles. The van der Waals surface area contributed by atoms with Gasteiger partial charge in [0.15, 0.2) is 0 Å². The van der Waals surface area contributed by atoms with E-state index in [9.17, 15) is 10.2 Å². The third-order valence-electron chi connectivity index (χ3n) is 3.20. The van der Waals surface area contributed by atoms with E-state index in [4.69, 9.17) is 16.3 Å². The smallest absolute Gasteiger partial charge is 0.138 e. The van der Waals surface area contributed by atoms with Gasteiger partial charge in [0.1, 0.15) is 12.4 Å². The van der Waals surface area contributed by atoms with Crippen LogP contribution in [0.1, 0.15) is 39.4 Å². The average molecular weight is 273 g/mol. The van der Waals surface area contributed by atoms with Gasteiger partial charge in [-0.15, -0.1) is 0 Å². The lowest BCUT2D eigenvalue weighted by Gasteiger charge is -2.27. The Hall–Kier alpha value is -0.770. The van der Waals surface area contributed by atoms with E-state index in [0.717, 1.165) is 5.56 Å². The minimum atomic E-state index is -0.897. The lowest BCUT2D eigenvalue weighted by atomic mass is 9.94. The van der Waals surface area contributed by atoms with E-state index in [1.165, 1.54) is 0 Å². The van der Waals surface area contributed by atoms with Gasteiger partial charge in [-0.3, -0.25) is 0 Å². The Morgan fingerprint density at radius 1 is 1.33 bits per heavy atom. The van der Waals surface area contributed by atoms with Crippen molar-refractivity contribution in [3.05, 3.63) is 28.8 Å². The molecular formula is C14H21ClO3. The molecule has 0 saturated carbocycles. The maximum Gasteiger partial charge on any atom is 0.138 e. The van der Waals surface area contributed by atoms with Crippen molar-refractivity contribution in [1.29, 1.82) is 0 Å². The number of rotatable bonds is 5. The summed E-state index contributed by atoms with van der Waals surface area (Å²) in [6.45, 7) is 7.45. The van der Waals surface area contributed by atoms with Gasteiger partial charge in [0.2, 0.25) is 0 Å². The van der Waals surface area contributed by atoms with E-state index < -0.39 is 11.7 Å². The lowest BCUT2D eigenvalue weighted by molar-refractivity contribution is -0.0266. The van der Waals surface area contributed by atoms with Crippen LogP contribution in [0.3, 0.4) is 0 Å². The molecule has 0 saturated heterocycles. The molecule has 0 aliphatic rings. The van der Waals surface area contributed by atoms with Crippen LogP contribution >= 0.6 is 11.6 Å². The molecule has 0 aromatic heterocycles. The maximum atomic E-state index is 10.1. The molecule has 3 nitrogen and oxygen atoms in total. The fourth-order valence-electron chi connectivity index (χ4n) is 1.28. The number of ether oxygens (including phenoxy) is 1. The molecule has 2 unspecified atom stereocenters. The van der Waals surface area contributed by atoms with Gasteiger partial charge in [-0.2, -0.15) is 0 Å². The molecule has 4 heteroatoms. The van der Waals surface area contributed by atoms with Crippen molar-refractivity contribution < 1.29 is 14.9 Å². The Morgan fingerprint density at radius 2 is 1.94 bits per heavy atom. The molecule has 0 heterocycles. The third-order valence-corrected chi connectivity index (χ3v) is 3.50. The number of aliphatic hydroxyl groups is 2. The highest BCUT2D eigenvalue weighted by Crippen LogP contribution is 2.29. The summed E-state index contributed by atoms with van der Waals surface area (Å²) >= 11 is 6.06. The van der Waals surface area contributed by atoms with Crippen LogP contribution in [0.4, 0.5) is 0 Å². The van der Waals surface area contributed by atoms with Gasteiger partial charge >= 0.3 is 0 Å². The van der Waals surface area contributed by atoms with E-state index >= 15 is 0 Å². The first kappa shape index (κ1) is 15.3. The quantitative estimate of drug-likeness (QED) is 0.866. The van der Waals surface area contributed by atoms with Crippen molar-refractivity contribution in [2.24, 2.45) is 5.92 Å². The molecule has 2 atom stereocenters. The van der Waals surface area contributed by atoms with Crippen LogP contribution < -0.4 is 4.74 Å². The fourth-order valence-corrected chi connectivity index (χ4v) is 1.53. The van der Waals surface area contributed by atoms with Crippen molar-refractivity contribution in [3.63, 3.8) is 0 Å². The van der Waals surface area contributed by atoms with E-state index in [2.05, 4.69) is 0 Å². The predicted octanol–water partition coefficient (Wildman–Crippen LogP) is 3.18. The summed E-state index contributed by atoms with van der Waals surface area (Å²) in [5.74, 6) is 0.606. The highest BCUT2D eigenvalue weighted by Gasteiger charge is 2.26. The van der Waals surface area contributed by atoms with E-state index in [1.54, 1.807) is 32.0 Å². The summed E-state index contributed by atoms with van der Waals surface area (Å²) in [4.78, 5) is 0. The van der Waals surface area contributed by atoms with Gasteiger partial charge in [0.05, 0.1) is 16.7 Å². The molecule has 0 fully saturated rings. The Bertz CT molecular complexity index is 400. The number of hydrogen-bond acceptors (Lipinski definition) is 3. The lowest BCUT2D eigenvalue weighted by Crippen LogP contribution is -2.37. The first-order valence-corrected chi connectivity index (χ1v) is 6.44. The predicted molar refractivity (Wildman–Crippen MR) is 73.0 cm³/mol. The molecule has 18 heavy (non-hydrogen) atoms. The zero-order valence-corrected chi connectivity index (χ0v) is 12.0. The van der Waals surface area contributed by atoms with Gasteiger partial charge in [-0.1, -0.05) is 31.5 Å². The molecule has 1 rings (SSSR count). The van der Waals surface area contributed by atoms with Crippen molar-refractivity contribution in [2.45, 2.75) is 39.4 Å². The van der Waals surface area contributed by atoms with Gasteiger partial charge < -0.3 is 14.9 Å². The van der Waals surface area contributed by atoms with Crippen molar-refractivity contribution in [3.8, 4) is 5.75 Å². The maximum absolute atomic E-state index is 10.1. The summed E-state index contributed by atoms with van der Waals surface area (Å²) in [7, 11) is 0. The molecule has 0 bridgehead atoms. The molecule has 0 radical (unpaired) electrons. The number of benzene rings is 1. The second-order valence-corrected chi connectivity index (χ2v) is 5.57. The Kier molecular flexibility index (Phi) is 5.02. The summed E-state index contributed by atoms with van der Waals surface area (Å²) in [5.41, 5.74) is -0.158. The monoisotopic (exact) mass is 272 g/mol. The summed E-state index contributed by atoms with van der Waals surface area (Å²) in [6, 6.07) is 5.14. The molecular weight excluding hydrogens is 252 g/mol. The van der Waals surface area contributed by atoms with Crippen LogP contribution in [-0.2, 0) is 0 Å². The minimum Gasteiger partial charge on any atom is -0.489 e. The van der Waals surface area contributed by atoms with Gasteiger partial charge in [-0.25, -0.2) is 0 Å². The van der Waals surface area contributed by atoms with Crippen LogP contribution in [-0.4, -0.2) is 22.4 Å². The molecule has 2 N–H and O–H groups in total. The number of aliphatic hydroxyl groups excluding tert-OH is 1. The van der Waals surface area contributed by atoms with Crippen LogP contribution in [0.2, 0.25) is 5.02 Å². The van der Waals surface area contributed by atoms with Gasteiger partial charge in [0, 0.05) is 0 Å². The standard InChI is InChI=1S/C14H21ClO3/c1-9(2)14(4,17)8-18-13-6-5-11(10(3)16)7-12(13)15/h5-7,9-10,16-17H,8H2,1-4H3. The second-order valence-electron chi connectivity index (χ2n) is 5.17. The molecule has 0 amide bonds. The number of halogens is 1. The largest absolute Gasteiger partial charge is 0.489 e. The summed E-state index contributed by atoms with van der Waals surface area (Å²) < 4.78 is 5.53. The van der Waals surface area contributed by atoms with Crippen LogP contribution in [0, 0.1) is 5.92 Å². The SMILES string of the molecule is CC(O)c1ccc(OCC(C)(O)C(C)C)c(Cl)c1. The first-order valence-electron chi connectivity index (χ1n) is 6.06. The third kappa shape index (κ3) is 3.87. The Balaban J connectivity index is 2.75. The molecule has 0 aliphatic carbocycles. The molecule has 1 aromatic rings. The highest BCUT2D eigenvalue weighted by molar-refractivity contribution is 6.32. The Labute approximate surface area is 113 Å². The van der Waals surface area contributed by atoms with Crippen molar-refractivity contribution >= 4 is 11.6 Å². The number of hydrogen-bond donors (Lipinski definition) is 2. The average Bonchev–Trinajstić information content (AvgIpc) is 2.26. The molecule has 0 spiro atoms. The zero-order chi connectivity index (χ0) is 13.9. The summed E-state index contributed by atoms with van der Waals surface area (Å²) in [5, 5.41) is 19.9. The topological polar surface area (TPSA) is 49.7 Å². The fraction of sp³-hybridized carbons (Fsp3) is 0.571. The van der Waals surface area contributed by atoms with E-state index in [0.29, 0.717) is 10.8 Å². The summed E-state index contributed by atoms with van der Waals surface area (Å²) in [6.07, 6.45) is -0.560. The second kappa shape index (κ2) is 5.91. The highest BCUT2D eigenvalue weighted by atomic mass is 35.5.